The summed E-state index contributed by atoms with van der Waals surface area (Å²) in [6.07, 6.45) is 4.69. The minimum atomic E-state index is -0.478. The van der Waals surface area contributed by atoms with Crippen LogP contribution >= 0.6 is 0 Å². The van der Waals surface area contributed by atoms with Crippen LogP contribution in [0.3, 0.4) is 0 Å². The van der Waals surface area contributed by atoms with Crippen molar-refractivity contribution in [2.45, 2.75) is 25.8 Å². The molecule has 1 amide bonds. The predicted octanol–water partition coefficient (Wildman–Crippen LogP) is -0.947. The van der Waals surface area contributed by atoms with E-state index >= 15 is 0 Å². The van der Waals surface area contributed by atoms with Gasteiger partial charge in [-0.25, -0.2) is 4.79 Å². The SMILES string of the molecule is Cn1c(=O)ccn(CC(=O)NCCC2CCCNC2)c1=O. The Morgan fingerprint density at radius 3 is 3.00 bits per heavy atom. The third-order valence-electron chi connectivity index (χ3n) is 3.85. The van der Waals surface area contributed by atoms with Crippen LogP contribution in [0.25, 0.3) is 0 Å². The lowest BCUT2D eigenvalue weighted by molar-refractivity contribution is -0.121. The van der Waals surface area contributed by atoms with Gasteiger partial charge in [-0.3, -0.25) is 18.7 Å². The van der Waals surface area contributed by atoms with Crippen LogP contribution in [0.5, 0.6) is 0 Å². The summed E-state index contributed by atoms with van der Waals surface area (Å²) in [6, 6.07) is 1.28. The van der Waals surface area contributed by atoms with Crippen molar-refractivity contribution in [3.05, 3.63) is 33.1 Å². The predicted molar refractivity (Wildman–Crippen MR) is 79.2 cm³/mol. The molecule has 7 nitrogen and oxygen atoms in total. The Morgan fingerprint density at radius 2 is 2.29 bits per heavy atom. The van der Waals surface area contributed by atoms with Crippen molar-refractivity contribution in [2.75, 3.05) is 19.6 Å². The summed E-state index contributed by atoms with van der Waals surface area (Å²) in [5.74, 6) is 0.402. The topological polar surface area (TPSA) is 85.1 Å². The van der Waals surface area contributed by atoms with Crippen LogP contribution in [-0.4, -0.2) is 34.7 Å². The average Bonchev–Trinajstić information content (AvgIpc) is 2.49. The van der Waals surface area contributed by atoms with Gasteiger partial charge in [0.1, 0.15) is 6.54 Å². The largest absolute Gasteiger partial charge is 0.355 e. The second-order valence-electron chi connectivity index (χ2n) is 5.47. The molecule has 1 saturated heterocycles. The Balaban J connectivity index is 1.80. The summed E-state index contributed by atoms with van der Waals surface area (Å²) in [5.41, 5.74) is -0.851. The zero-order valence-electron chi connectivity index (χ0n) is 12.3. The maximum atomic E-state index is 11.8. The van der Waals surface area contributed by atoms with Crippen LogP contribution in [-0.2, 0) is 18.4 Å². The molecule has 1 aliphatic rings. The van der Waals surface area contributed by atoms with E-state index in [2.05, 4.69) is 10.6 Å². The van der Waals surface area contributed by atoms with Gasteiger partial charge in [0, 0.05) is 25.9 Å². The van der Waals surface area contributed by atoms with E-state index in [9.17, 15) is 14.4 Å². The molecule has 7 heteroatoms. The van der Waals surface area contributed by atoms with Crippen molar-refractivity contribution in [1.29, 1.82) is 0 Å². The Morgan fingerprint density at radius 1 is 1.48 bits per heavy atom. The maximum Gasteiger partial charge on any atom is 0.331 e. The fraction of sp³-hybridized carbons (Fsp3) is 0.643. The molecule has 1 atom stereocenters. The first-order valence-corrected chi connectivity index (χ1v) is 7.32. The molecule has 1 aromatic rings. The minimum Gasteiger partial charge on any atom is -0.355 e. The van der Waals surface area contributed by atoms with E-state index in [0.29, 0.717) is 12.5 Å². The Kier molecular flexibility index (Phi) is 5.32. The number of aromatic nitrogens is 2. The second kappa shape index (κ2) is 7.21. The van der Waals surface area contributed by atoms with E-state index in [0.717, 1.165) is 24.1 Å². The zero-order valence-corrected chi connectivity index (χ0v) is 12.3. The molecule has 116 valence electrons. The van der Waals surface area contributed by atoms with Crippen LogP contribution in [0.1, 0.15) is 19.3 Å². The van der Waals surface area contributed by atoms with Gasteiger partial charge in [0.25, 0.3) is 5.56 Å². The summed E-state index contributed by atoms with van der Waals surface area (Å²) in [5, 5.41) is 6.17. The molecule has 2 rings (SSSR count). The summed E-state index contributed by atoms with van der Waals surface area (Å²) < 4.78 is 2.22. The number of nitrogens with zero attached hydrogens (tertiary/aromatic N) is 2. The fourth-order valence-corrected chi connectivity index (χ4v) is 2.53. The number of rotatable bonds is 5. The maximum absolute atomic E-state index is 11.8. The third kappa shape index (κ3) is 4.29. The van der Waals surface area contributed by atoms with Crippen LogP contribution in [0.15, 0.2) is 21.9 Å². The quantitative estimate of drug-likeness (QED) is 0.733. The molecule has 0 aliphatic carbocycles. The Bertz CT molecular complexity index is 599. The van der Waals surface area contributed by atoms with E-state index < -0.39 is 5.69 Å². The van der Waals surface area contributed by atoms with Gasteiger partial charge in [0.15, 0.2) is 0 Å². The molecule has 0 radical (unpaired) electrons. The van der Waals surface area contributed by atoms with Crippen molar-refractivity contribution in [2.24, 2.45) is 13.0 Å². The molecule has 1 fully saturated rings. The van der Waals surface area contributed by atoms with Crippen molar-refractivity contribution in [3.63, 3.8) is 0 Å². The Labute approximate surface area is 123 Å². The highest BCUT2D eigenvalue weighted by molar-refractivity contribution is 5.75. The molecule has 2 heterocycles. The molecule has 2 N–H and O–H groups in total. The van der Waals surface area contributed by atoms with Crippen LogP contribution < -0.4 is 21.9 Å². The standard InChI is InChI=1S/C14H22N4O3/c1-17-13(20)5-8-18(14(17)21)10-12(19)16-7-4-11-3-2-6-15-9-11/h5,8,11,15H,2-4,6-7,9-10H2,1H3,(H,16,19). The molecule has 0 spiro atoms. The molecule has 0 aromatic carbocycles. The number of piperidine rings is 1. The van der Waals surface area contributed by atoms with Gasteiger partial charge in [-0.1, -0.05) is 0 Å². The summed E-state index contributed by atoms with van der Waals surface area (Å²) >= 11 is 0. The number of hydrogen-bond acceptors (Lipinski definition) is 4. The van der Waals surface area contributed by atoms with Crippen LogP contribution in [0.2, 0.25) is 0 Å². The van der Waals surface area contributed by atoms with Gasteiger partial charge in [0.05, 0.1) is 0 Å². The number of nitrogens with one attached hydrogen (secondary N) is 2. The van der Waals surface area contributed by atoms with Gasteiger partial charge < -0.3 is 10.6 Å². The van der Waals surface area contributed by atoms with Gasteiger partial charge in [0.2, 0.25) is 5.91 Å². The summed E-state index contributed by atoms with van der Waals surface area (Å²) in [7, 11) is 1.40. The molecular formula is C14H22N4O3. The molecule has 21 heavy (non-hydrogen) atoms. The van der Waals surface area contributed by atoms with Crippen LogP contribution in [0, 0.1) is 5.92 Å². The van der Waals surface area contributed by atoms with E-state index in [1.54, 1.807) is 0 Å². The Hall–Kier alpha value is -1.89. The summed E-state index contributed by atoms with van der Waals surface area (Å²) in [4.78, 5) is 34.9. The van der Waals surface area contributed by atoms with E-state index in [1.165, 1.54) is 36.7 Å². The van der Waals surface area contributed by atoms with E-state index in [1.807, 2.05) is 0 Å². The highest BCUT2D eigenvalue weighted by Crippen LogP contribution is 2.12. The first kappa shape index (κ1) is 15.5. The second-order valence-corrected chi connectivity index (χ2v) is 5.47. The van der Waals surface area contributed by atoms with E-state index in [-0.39, 0.29) is 18.0 Å². The normalized spacial score (nSPS) is 18.4. The lowest BCUT2D eigenvalue weighted by Gasteiger charge is -2.22. The molecule has 1 aromatic heterocycles. The van der Waals surface area contributed by atoms with Gasteiger partial charge >= 0.3 is 5.69 Å². The lowest BCUT2D eigenvalue weighted by Crippen LogP contribution is -2.40. The highest BCUT2D eigenvalue weighted by atomic mass is 16.2. The average molecular weight is 294 g/mol. The number of amides is 1. The fourth-order valence-electron chi connectivity index (χ4n) is 2.53. The zero-order chi connectivity index (χ0) is 15.2. The molecule has 0 saturated carbocycles. The van der Waals surface area contributed by atoms with Crippen molar-refractivity contribution >= 4 is 5.91 Å². The lowest BCUT2D eigenvalue weighted by atomic mass is 9.96. The number of carbonyl (C=O) groups excluding carboxylic acids is 1. The van der Waals surface area contributed by atoms with E-state index in [4.69, 9.17) is 0 Å². The van der Waals surface area contributed by atoms with Gasteiger partial charge in [-0.05, 0) is 38.3 Å². The molecule has 1 unspecified atom stereocenters. The highest BCUT2D eigenvalue weighted by Gasteiger charge is 2.13. The van der Waals surface area contributed by atoms with Gasteiger partial charge in [-0.2, -0.15) is 0 Å². The molecular weight excluding hydrogens is 272 g/mol. The molecule has 0 bridgehead atoms. The summed E-state index contributed by atoms with van der Waals surface area (Å²) in [6.45, 7) is 2.65. The minimum absolute atomic E-state index is 0.0597. The first-order chi connectivity index (χ1) is 10.1. The monoisotopic (exact) mass is 294 g/mol. The van der Waals surface area contributed by atoms with Crippen LogP contribution in [0.4, 0.5) is 0 Å². The third-order valence-corrected chi connectivity index (χ3v) is 3.85. The first-order valence-electron chi connectivity index (χ1n) is 7.32. The number of carbonyl (C=O) groups is 1. The molecule has 1 aliphatic heterocycles. The van der Waals surface area contributed by atoms with Gasteiger partial charge in [-0.15, -0.1) is 0 Å². The van der Waals surface area contributed by atoms with Crippen molar-refractivity contribution < 1.29 is 4.79 Å². The van der Waals surface area contributed by atoms with Crippen molar-refractivity contribution in [1.82, 2.24) is 19.8 Å². The van der Waals surface area contributed by atoms with Crippen molar-refractivity contribution in [3.8, 4) is 0 Å². The number of hydrogen-bond donors (Lipinski definition) is 2. The smallest absolute Gasteiger partial charge is 0.331 e.